The van der Waals surface area contributed by atoms with Gasteiger partial charge >= 0.3 is 0 Å². The van der Waals surface area contributed by atoms with E-state index in [1.807, 2.05) is 18.2 Å². The second-order valence-corrected chi connectivity index (χ2v) is 11.4. The van der Waals surface area contributed by atoms with E-state index < -0.39 is 8.32 Å². The first-order valence-corrected chi connectivity index (χ1v) is 9.81. The van der Waals surface area contributed by atoms with Crippen molar-refractivity contribution in [3.8, 4) is 24.7 Å². The molecule has 0 atom stereocenters. The van der Waals surface area contributed by atoms with Gasteiger partial charge in [-0.2, -0.15) is 0 Å². The van der Waals surface area contributed by atoms with Gasteiger partial charge < -0.3 is 4.43 Å². The van der Waals surface area contributed by atoms with Crippen molar-refractivity contribution < 1.29 is 4.43 Å². The minimum absolute atomic E-state index is 0.234. The van der Waals surface area contributed by atoms with Crippen LogP contribution in [0.3, 0.4) is 0 Å². The minimum Gasteiger partial charge on any atom is -0.416 e. The third-order valence-electron chi connectivity index (χ3n) is 3.99. The number of benzene rings is 1. The lowest BCUT2D eigenvalue weighted by molar-refractivity contribution is 0.292. The average Bonchev–Trinajstić information content (AvgIpc) is 2.36. The van der Waals surface area contributed by atoms with E-state index in [1.54, 1.807) is 0 Å². The molecule has 0 unspecified atom stereocenters. The number of hydrogen-bond donors (Lipinski definition) is 0. The van der Waals surface area contributed by atoms with Crippen molar-refractivity contribution >= 4 is 8.32 Å². The molecular weight excluding hydrogens is 260 g/mol. The largest absolute Gasteiger partial charge is 0.416 e. The fourth-order valence-electron chi connectivity index (χ4n) is 1.64. The third kappa shape index (κ3) is 4.27. The molecule has 0 aliphatic carbocycles. The summed E-state index contributed by atoms with van der Waals surface area (Å²) in [6.45, 7) is 12.0. The monoisotopic (exact) mass is 284 g/mol. The maximum atomic E-state index is 6.18. The van der Waals surface area contributed by atoms with Gasteiger partial charge in [0.05, 0.1) is 0 Å². The smallest absolute Gasteiger partial charge is 0.191 e. The Morgan fingerprint density at radius 1 is 1.05 bits per heavy atom. The zero-order chi connectivity index (χ0) is 15.4. The predicted octanol–water partition coefficient (Wildman–Crippen LogP) is 4.21. The molecule has 1 rings (SSSR count). The highest BCUT2D eigenvalue weighted by atomic mass is 28.4. The summed E-state index contributed by atoms with van der Waals surface area (Å²) in [7, 11) is -1.68. The molecule has 0 spiro atoms. The van der Waals surface area contributed by atoms with Crippen LogP contribution >= 0.6 is 0 Å². The molecule has 0 saturated carbocycles. The van der Waals surface area contributed by atoms with E-state index in [2.05, 4.69) is 45.7 Å². The molecule has 0 radical (unpaired) electrons. The van der Waals surface area contributed by atoms with Crippen LogP contribution in [0.4, 0.5) is 0 Å². The fraction of sp³-hybridized carbons (Fsp3) is 0.444. The van der Waals surface area contributed by atoms with E-state index in [1.165, 1.54) is 0 Å². The second kappa shape index (κ2) is 6.31. The van der Waals surface area contributed by atoms with Crippen LogP contribution in [-0.2, 0) is 10.8 Å². The second-order valence-electron chi connectivity index (χ2n) is 6.57. The molecule has 0 fully saturated rings. The van der Waals surface area contributed by atoms with Crippen molar-refractivity contribution in [1.29, 1.82) is 0 Å². The number of rotatable bonds is 4. The zero-order valence-corrected chi connectivity index (χ0v) is 14.2. The molecule has 0 N–H and O–H groups in total. The quantitative estimate of drug-likeness (QED) is 0.594. The molecule has 1 aromatic carbocycles. The fourth-order valence-corrected chi connectivity index (χ4v) is 2.69. The van der Waals surface area contributed by atoms with E-state index in [9.17, 15) is 0 Å². The first-order chi connectivity index (χ1) is 9.19. The van der Waals surface area contributed by atoms with Crippen LogP contribution in [0.15, 0.2) is 18.2 Å². The summed E-state index contributed by atoms with van der Waals surface area (Å²) < 4.78 is 6.18. The van der Waals surface area contributed by atoms with E-state index in [0.29, 0.717) is 6.61 Å². The lowest BCUT2D eigenvalue weighted by Crippen LogP contribution is -2.41. The Morgan fingerprint density at radius 2 is 1.55 bits per heavy atom. The van der Waals surface area contributed by atoms with Gasteiger partial charge in [-0.3, -0.25) is 0 Å². The molecule has 1 nitrogen and oxygen atoms in total. The molecule has 0 amide bonds. The average molecular weight is 284 g/mol. The Bertz CT molecular complexity index is 518. The van der Waals surface area contributed by atoms with E-state index in [-0.39, 0.29) is 5.04 Å². The van der Waals surface area contributed by atoms with Crippen molar-refractivity contribution in [1.82, 2.24) is 0 Å². The predicted molar refractivity (Wildman–Crippen MR) is 89.2 cm³/mol. The Kier molecular flexibility index (Phi) is 5.23. The zero-order valence-electron chi connectivity index (χ0n) is 13.2. The van der Waals surface area contributed by atoms with Crippen molar-refractivity contribution in [2.75, 3.05) is 6.61 Å². The Morgan fingerprint density at radius 3 is 1.95 bits per heavy atom. The maximum absolute atomic E-state index is 6.18. The van der Waals surface area contributed by atoms with Crippen LogP contribution in [0.1, 0.15) is 37.5 Å². The van der Waals surface area contributed by atoms with Crippen LogP contribution in [0, 0.1) is 24.7 Å². The van der Waals surface area contributed by atoms with Gasteiger partial charge in [-0.25, -0.2) is 0 Å². The first-order valence-electron chi connectivity index (χ1n) is 6.91. The third-order valence-corrected chi connectivity index (χ3v) is 8.52. The number of hydrogen-bond acceptors (Lipinski definition) is 1. The molecule has 0 heterocycles. The van der Waals surface area contributed by atoms with Crippen LogP contribution < -0.4 is 0 Å². The van der Waals surface area contributed by atoms with Crippen molar-refractivity contribution in [3.63, 3.8) is 0 Å². The molecule has 0 bridgehead atoms. The minimum atomic E-state index is -1.68. The molecular formula is C18H24OSi. The Balaban J connectivity index is 2.73. The van der Waals surface area contributed by atoms with Crippen molar-refractivity contribution in [2.24, 2.45) is 0 Å². The van der Waals surface area contributed by atoms with Gasteiger partial charge in [0, 0.05) is 17.7 Å². The summed E-state index contributed by atoms with van der Waals surface area (Å²) in [6.07, 6.45) is 11.8. The van der Waals surface area contributed by atoms with Gasteiger partial charge in [0.1, 0.15) is 0 Å². The van der Waals surface area contributed by atoms with Crippen molar-refractivity contribution in [3.05, 3.63) is 34.9 Å². The highest BCUT2D eigenvalue weighted by Crippen LogP contribution is 2.36. The van der Waals surface area contributed by atoms with Gasteiger partial charge in [-0.1, -0.05) is 32.6 Å². The highest BCUT2D eigenvalue weighted by molar-refractivity contribution is 6.74. The molecule has 2 heteroatoms. The summed E-state index contributed by atoms with van der Waals surface area (Å²) >= 11 is 0. The SMILES string of the molecule is C#Cc1cc(C#C)cc(CCO[Si](C)(C)C(C)(C)C)c1. The lowest BCUT2D eigenvalue weighted by Gasteiger charge is -2.36. The first kappa shape index (κ1) is 16.6. The summed E-state index contributed by atoms with van der Waals surface area (Å²) in [4.78, 5) is 0. The van der Waals surface area contributed by atoms with E-state index in [0.717, 1.165) is 23.1 Å². The molecule has 106 valence electrons. The Labute approximate surface area is 124 Å². The van der Waals surface area contributed by atoms with Crippen molar-refractivity contribution in [2.45, 2.75) is 45.3 Å². The number of terminal acetylenes is 2. The summed E-state index contributed by atoms with van der Waals surface area (Å²) in [5, 5.41) is 0.234. The van der Waals surface area contributed by atoms with E-state index in [4.69, 9.17) is 17.3 Å². The van der Waals surface area contributed by atoms with E-state index >= 15 is 0 Å². The van der Waals surface area contributed by atoms with Crippen LogP contribution in [-0.4, -0.2) is 14.9 Å². The molecule has 0 saturated heterocycles. The molecule has 0 aliphatic heterocycles. The van der Waals surface area contributed by atoms with Crippen LogP contribution in [0.25, 0.3) is 0 Å². The topological polar surface area (TPSA) is 9.23 Å². The summed E-state index contributed by atoms with van der Waals surface area (Å²) in [6, 6.07) is 5.88. The van der Waals surface area contributed by atoms with Gasteiger partial charge in [-0.05, 0) is 48.3 Å². The standard InChI is InChI=1S/C18H24OSi/c1-8-15-12-16(9-2)14-17(13-15)10-11-19-20(6,7)18(3,4)5/h1-2,12-14H,10-11H2,3-7H3. The summed E-state index contributed by atoms with van der Waals surface area (Å²) in [5.41, 5.74) is 2.82. The van der Waals surface area contributed by atoms with Gasteiger partial charge in [0.2, 0.25) is 0 Å². The highest BCUT2D eigenvalue weighted by Gasteiger charge is 2.36. The molecule has 1 aromatic rings. The van der Waals surface area contributed by atoms with Crippen LogP contribution in [0.2, 0.25) is 18.1 Å². The normalized spacial score (nSPS) is 11.8. The lowest BCUT2D eigenvalue weighted by atomic mass is 10.0. The van der Waals surface area contributed by atoms with Gasteiger partial charge in [0.25, 0.3) is 0 Å². The van der Waals surface area contributed by atoms with Gasteiger partial charge in [-0.15, -0.1) is 12.8 Å². The summed E-state index contributed by atoms with van der Waals surface area (Å²) in [5.74, 6) is 5.29. The molecule has 0 aliphatic rings. The molecule has 20 heavy (non-hydrogen) atoms. The maximum Gasteiger partial charge on any atom is 0.191 e. The molecule has 0 aromatic heterocycles. The van der Waals surface area contributed by atoms with Crippen LogP contribution in [0.5, 0.6) is 0 Å². The van der Waals surface area contributed by atoms with Gasteiger partial charge in [0.15, 0.2) is 8.32 Å². The Hall–Kier alpha value is -1.48.